The van der Waals surface area contributed by atoms with E-state index in [4.69, 9.17) is 15.5 Å². The van der Waals surface area contributed by atoms with E-state index in [1.165, 1.54) is 0 Å². The van der Waals surface area contributed by atoms with Gasteiger partial charge in [-0.15, -0.1) is 0 Å². The van der Waals surface area contributed by atoms with Gasteiger partial charge in [0.15, 0.2) is 0 Å². The molecule has 0 amide bonds. The Kier molecular flexibility index (Phi) is 3.52. The Balaban J connectivity index is 2.04. The fourth-order valence-electron chi connectivity index (χ4n) is 2.38. The van der Waals surface area contributed by atoms with Gasteiger partial charge < -0.3 is 15.0 Å². The highest BCUT2D eigenvalue weighted by Crippen LogP contribution is 2.27. The van der Waals surface area contributed by atoms with Crippen molar-refractivity contribution in [3.63, 3.8) is 0 Å². The molecule has 0 aliphatic rings. The molecule has 0 saturated carbocycles. The van der Waals surface area contributed by atoms with Crippen molar-refractivity contribution in [2.45, 2.75) is 13.3 Å². The predicted molar refractivity (Wildman–Crippen MR) is 86.3 cm³/mol. The third-order valence-corrected chi connectivity index (χ3v) is 3.49. The Labute approximate surface area is 124 Å². The summed E-state index contributed by atoms with van der Waals surface area (Å²) in [6, 6.07) is 13.8. The van der Waals surface area contributed by atoms with Crippen LogP contribution in [0.25, 0.3) is 22.4 Å². The van der Waals surface area contributed by atoms with Crippen molar-refractivity contribution in [2.24, 2.45) is 7.05 Å². The molecule has 3 rings (SSSR count). The van der Waals surface area contributed by atoms with E-state index in [0.717, 1.165) is 46.9 Å². The molecular weight excluding hydrogens is 262 g/mol. The smallest absolute Gasteiger partial charge is 0.140 e. The van der Waals surface area contributed by atoms with Crippen LogP contribution in [0.5, 0.6) is 5.75 Å². The second kappa shape index (κ2) is 5.48. The zero-order chi connectivity index (χ0) is 14.8. The van der Waals surface area contributed by atoms with Gasteiger partial charge in [-0.1, -0.05) is 6.92 Å². The van der Waals surface area contributed by atoms with Crippen molar-refractivity contribution in [3.8, 4) is 17.1 Å². The molecule has 1 heterocycles. The molecule has 0 aliphatic carbocycles. The minimum atomic E-state index is 0.725. The predicted octanol–water partition coefficient (Wildman–Crippen LogP) is 3.61. The van der Waals surface area contributed by atoms with E-state index >= 15 is 0 Å². The third kappa shape index (κ3) is 2.57. The second-order valence-electron chi connectivity index (χ2n) is 5.12. The van der Waals surface area contributed by atoms with Crippen molar-refractivity contribution in [2.75, 3.05) is 12.3 Å². The van der Waals surface area contributed by atoms with Gasteiger partial charge in [0.1, 0.15) is 11.6 Å². The first-order valence-electron chi connectivity index (χ1n) is 7.14. The van der Waals surface area contributed by atoms with Crippen molar-refractivity contribution in [1.29, 1.82) is 0 Å². The van der Waals surface area contributed by atoms with Crippen LogP contribution in [0.15, 0.2) is 42.5 Å². The number of aryl methyl sites for hydroxylation is 1. The summed E-state index contributed by atoms with van der Waals surface area (Å²) in [6.45, 7) is 2.82. The number of rotatable bonds is 4. The number of benzene rings is 2. The van der Waals surface area contributed by atoms with E-state index in [-0.39, 0.29) is 0 Å². The Morgan fingerprint density at radius 3 is 2.62 bits per heavy atom. The van der Waals surface area contributed by atoms with Crippen LogP contribution in [0.1, 0.15) is 13.3 Å². The van der Waals surface area contributed by atoms with Gasteiger partial charge >= 0.3 is 0 Å². The highest BCUT2D eigenvalue weighted by molar-refractivity contribution is 5.82. The molecule has 108 valence electrons. The van der Waals surface area contributed by atoms with Gasteiger partial charge in [-0.25, -0.2) is 4.98 Å². The average Bonchev–Trinajstić information content (AvgIpc) is 2.83. The number of anilines is 1. The van der Waals surface area contributed by atoms with Crippen molar-refractivity contribution >= 4 is 16.7 Å². The summed E-state index contributed by atoms with van der Waals surface area (Å²) >= 11 is 0. The van der Waals surface area contributed by atoms with Crippen molar-refractivity contribution in [3.05, 3.63) is 42.5 Å². The molecule has 3 aromatic rings. The topological polar surface area (TPSA) is 53.1 Å². The zero-order valence-electron chi connectivity index (χ0n) is 12.3. The van der Waals surface area contributed by atoms with Gasteiger partial charge in [-0.3, -0.25) is 0 Å². The summed E-state index contributed by atoms with van der Waals surface area (Å²) in [4.78, 5) is 4.72. The number of ether oxygens (including phenoxy) is 1. The first kappa shape index (κ1) is 13.5. The maximum atomic E-state index is 5.74. The minimum Gasteiger partial charge on any atom is -0.494 e. The number of nitrogens with zero attached hydrogens (tertiary/aromatic N) is 2. The van der Waals surface area contributed by atoms with Gasteiger partial charge in [0.05, 0.1) is 17.6 Å². The maximum Gasteiger partial charge on any atom is 0.140 e. The standard InChI is InChI=1S/C17H19N3O/c1-3-10-21-14-8-9-16-15(11-14)19-17(20(16)2)12-4-6-13(18)7-5-12/h4-9,11H,3,10,18H2,1-2H3. The van der Waals surface area contributed by atoms with E-state index in [1.54, 1.807) is 0 Å². The van der Waals surface area contributed by atoms with Gasteiger partial charge in [0.25, 0.3) is 0 Å². The van der Waals surface area contributed by atoms with Gasteiger partial charge in [-0.05, 0) is 42.8 Å². The molecule has 0 bridgehead atoms. The lowest BCUT2D eigenvalue weighted by Crippen LogP contribution is -1.95. The van der Waals surface area contributed by atoms with Gasteiger partial charge in [0.2, 0.25) is 0 Å². The fraction of sp³-hybridized carbons (Fsp3) is 0.235. The number of nitrogen functional groups attached to an aromatic ring is 1. The van der Waals surface area contributed by atoms with E-state index in [0.29, 0.717) is 0 Å². The van der Waals surface area contributed by atoms with Crippen LogP contribution in [0.3, 0.4) is 0 Å². The Hall–Kier alpha value is -2.49. The first-order chi connectivity index (χ1) is 10.2. The molecule has 0 unspecified atom stereocenters. The summed E-state index contributed by atoms with van der Waals surface area (Å²) in [5.74, 6) is 1.80. The average molecular weight is 281 g/mol. The Morgan fingerprint density at radius 1 is 1.14 bits per heavy atom. The number of aromatic nitrogens is 2. The molecule has 0 radical (unpaired) electrons. The zero-order valence-corrected chi connectivity index (χ0v) is 12.3. The number of nitrogens with two attached hydrogens (primary N) is 1. The third-order valence-electron chi connectivity index (χ3n) is 3.49. The van der Waals surface area contributed by atoms with E-state index < -0.39 is 0 Å². The van der Waals surface area contributed by atoms with E-state index in [1.807, 2.05) is 49.5 Å². The molecule has 0 spiro atoms. The Bertz CT molecular complexity index is 760. The van der Waals surface area contributed by atoms with Crippen LogP contribution < -0.4 is 10.5 Å². The van der Waals surface area contributed by atoms with E-state index in [2.05, 4.69) is 11.5 Å². The molecule has 4 heteroatoms. The molecule has 2 aromatic carbocycles. The quantitative estimate of drug-likeness (QED) is 0.743. The lowest BCUT2D eigenvalue weighted by molar-refractivity contribution is 0.318. The minimum absolute atomic E-state index is 0.725. The fourth-order valence-corrected chi connectivity index (χ4v) is 2.38. The first-order valence-corrected chi connectivity index (χ1v) is 7.14. The SMILES string of the molecule is CCCOc1ccc2c(c1)nc(-c1ccc(N)cc1)n2C. The summed E-state index contributed by atoms with van der Waals surface area (Å²) in [5, 5.41) is 0. The summed E-state index contributed by atoms with van der Waals surface area (Å²) < 4.78 is 7.76. The molecule has 0 aliphatic heterocycles. The highest BCUT2D eigenvalue weighted by Gasteiger charge is 2.10. The molecular formula is C17H19N3O. The lowest BCUT2D eigenvalue weighted by Gasteiger charge is -2.04. The summed E-state index contributed by atoms with van der Waals surface area (Å²) in [7, 11) is 2.02. The van der Waals surface area contributed by atoms with Crippen molar-refractivity contribution < 1.29 is 4.74 Å². The van der Waals surface area contributed by atoms with Crippen LogP contribution in [-0.2, 0) is 7.05 Å². The normalized spacial score (nSPS) is 11.0. The molecule has 0 saturated heterocycles. The lowest BCUT2D eigenvalue weighted by atomic mass is 10.2. The molecule has 2 N–H and O–H groups in total. The summed E-state index contributed by atoms with van der Waals surface area (Å²) in [6.07, 6.45) is 0.997. The molecule has 1 aromatic heterocycles. The van der Waals surface area contributed by atoms with Gasteiger partial charge in [0, 0.05) is 24.4 Å². The second-order valence-corrected chi connectivity index (χ2v) is 5.12. The van der Waals surface area contributed by atoms with E-state index in [9.17, 15) is 0 Å². The highest BCUT2D eigenvalue weighted by atomic mass is 16.5. The maximum absolute atomic E-state index is 5.74. The molecule has 4 nitrogen and oxygen atoms in total. The largest absolute Gasteiger partial charge is 0.494 e. The number of imidazole rings is 1. The number of fused-ring (bicyclic) bond motifs is 1. The van der Waals surface area contributed by atoms with Crippen LogP contribution in [0.4, 0.5) is 5.69 Å². The summed E-state index contributed by atoms with van der Waals surface area (Å²) in [5.41, 5.74) is 9.58. The molecule has 0 fully saturated rings. The van der Waals surface area contributed by atoms with Crippen LogP contribution in [0.2, 0.25) is 0 Å². The van der Waals surface area contributed by atoms with Crippen LogP contribution in [0, 0.1) is 0 Å². The Morgan fingerprint density at radius 2 is 1.90 bits per heavy atom. The van der Waals surface area contributed by atoms with Crippen LogP contribution >= 0.6 is 0 Å². The number of hydrogen-bond acceptors (Lipinski definition) is 3. The molecule has 21 heavy (non-hydrogen) atoms. The van der Waals surface area contributed by atoms with Crippen LogP contribution in [-0.4, -0.2) is 16.2 Å². The molecule has 0 atom stereocenters. The van der Waals surface area contributed by atoms with Crippen molar-refractivity contribution in [1.82, 2.24) is 9.55 Å². The number of hydrogen-bond donors (Lipinski definition) is 1. The monoisotopic (exact) mass is 281 g/mol. The van der Waals surface area contributed by atoms with Gasteiger partial charge in [-0.2, -0.15) is 0 Å².